The van der Waals surface area contributed by atoms with Crippen molar-refractivity contribution >= 4 is 29.8 Å². The summed E-state index contributed by atoms with van der Waals surface area (Å²) in [7, 11) is 0. The maximum atomic E-state index is 12.4. The first-order chi connectivity index (χ1) is 10.9. The number of H-pyrrole nitrogens is 1. The zero-order valence-electron chi connectivity index (χ0n) is 12.7. The molecule has 0 bridgehead atoms. The molecule has 0 saturated heterocycles. The molecule has 0 aliphatic rings. The van der Waals surface area contributed by atoms with E-state index in [1.54, 1.807) is 19.1 Å². The van der Waals surface area contributed by atoms with Crippen molar-refractivity contribution in [3.63, 3.8) is 0 Å². The van der Waals surface area contributed by atoms with Crippen LogP contribution >= 0.6 is 12.2 Å². The molecule has 1 heterocycles. The van der Waals surface area contributed by atoms with Gasteiger partial charge in [0.1, 0.15) is 10.2 Å². The number of aromatic amines is 1. The highest BCUT2D eigenvalue weighted by Crippen LogP contribution is 2.19. The number of rotatable bonds is 4. The number of hydrogen-bond acceptors (Lipinski definition) is 5. The molecule has 1 aromatic heterocycles. The Bertz CT molecular complexity index is 814. The van der Waals surface area contributed by atoms with Crippen LogP contribution in [0.3, 0.4) is 0 Å². The van der Waals surface area contributed by atoms with Crippen LogP contribution in [0.1, 0.15) is 33.2 Å². The van der Waals surface area contributed by atoms with Gasteiger partial charge in [-0.15, -0.1) is 0 Å². The zero-order valence-corrected chi connectivity index (χ0v) is 13.5. The Labute approximate surface area is 138 Å². The van der Waals surface area contributed by atoms with Crippen LogP contribution in [0.25, 0.3) is 0 Å². The van der Waals surface area contributed by atoms with Gasteiger partial charge in [0.15, 0.2) is 0 Å². The summed E-state index contributed by atoms with van der Waals surface area (Å²) in [6, 6.07) is 8.48. The molecule has 7 heteroatoms. The van der Waals surface area contributed by atoms with Crippen LogP contribution < -0.4 is 5.32 Å². The summed E-state index contributed by atoms with van der Waals surface area (Å²) in [6.45, 7) is 3.70. The average Bonchev–Trinajstić information content (AvgIpc) is 2.47. The lowest BCUT2D eigenvalue weighted by Crippen LogP contribution is -2.15. The van der Waals surface area contributed by atoms with Gasteiger partial charge in [0.2, 0.25) is 5.88 Å². The first-order valence-electron chi connectivity index (χ1n) is 6.93. The molecule has 0 unspecified atom stereocenters. The Morgan fingerprint density at radius 3 is 2.70 bits per heavy atom. The Morgan fingerprint density at radius 1 is 1.30 bits per heavy atom. The van der Waals surface area contributed by atoms with Crippen molar-refractivity contribution in [2.45, 2.75) is 13.8 Å². The molecule has 0 saturated carbocycles. The Kier molecular flexibility index (Phi) is 5.13. The third kappa shape index (κ3) is 3.95. The molecule has 0 spiro atoms. The summed E-state index contributed by atoms with van der Waals surface area (Å²) < 4.78 is 4.86. The second kappa shape index (κ2) is 7.06. The van der Waals surface area contributed by atoms with E-state index in [4.69, 9.17) is 17.0 Å². The molecule has 23 heavy (non-hydrogen) atoms. The lowest BCUT2D eigenvalue weighted by atomic mass is 10.1. The molecule has 0 fully saturated rings. The van der Waals surface area contributed by atoms with Crippen LogP contribution in [0, 0.1) is 11.6 Å². The third-order valence-corrected chi connectivity index (χ3v) is 3.36. The van der Waals surface area contributed by atoms with E-state index in [2.05, 4.69) is 10.3 Å². The van der Waals surface area contributed by atoms with Gasteiger partial charge < -0.3 is 20.1 Å². The van der Waals surface area contributed by atoms with Gasteiger partial charge in [-0.3, -0.25) is 4.79 Å². The molecule has 1 amide bonds. The molecule has 0 atom stereocenters. The maximum absolute atomic E-state index is 12.4. The second-order valence-electron chi connectivity index (χ2n) is 4.82. The summed E-state index contributed by atoms with van der Waals surface area (Å²) in [6.07, 6.45) is 0. The summed E-state index contributed by atoms with van der Waals surface area (Å²) >= 11 is 5.04. The van der Waals surface area contributed by atoms with Gasteiger partial charge in [0.05, 0.1) is 12.2 Å². The highest BCUT2D eigenvalue weighted by molar-refractivity contribution is 7.71. The van der Waals surface area contributed by atoms with Crippen LogP contribution in [0.5, 0.6) is 5.88 Å². The SMILES string of the molecule is CCOC(=O)c1cc(C(=O)Nc2cccc(C)c2)c(=S)[nH]c1O. The third-order valence-electron chi connectivity index (χ3n) is 3.04. The molecule has 120 valence electrons. The maximum Gasteiger partial charge on any atom is 0.343 e. The van der Waals surface area contributed by atoms with Crippen LogP contribution in [0.2, 0.25) is 0 Å². The minimum absolute atomic E-state index is 0.0284. The molecule has 1 aromatic carbocycles. The molecular weight excluding hydrogens is 316 g/mol. The van der Waals surface area contributed by atoms with Crippen molar-refractivity contribution in [3.8, 4) is 5.88 Å². The normalized spacial score (nSPS) is 10.2. The number of esters is 1. The van der Waals surface area contributed by atoms with Gasteiger partial charge in [-0.2, -0.15) is 0 Å². The number of aromatic nitrogens is 1. The molecule has 3 N–H and O–H groups in total. The largest absolute Gasteiger partial charge is 0.494 e. The van der Waals surface area contributed by atoms with Gasteiger partial charge in [0.25, 0.3) is 5.91 Å². The van der Waals surface area contributed by atoms with Crippen LogP contribution in [-0.2, 0) is 4.74 Å². The van der Waals surface area contributed by atoms with Gasteiger partial charge in [-0.25, -0.2) is 4.79 Å². The Morgan fingerprint density at radius 2 is 2.04 bits per heavy atom. The first kappa shape index (κ1) is 16.7. The molecule has 2 aromatic rings. The van der Waals surface area contributed by atoms with Crippen molar-refractivity contribution in [3.05, 3.63) is 51.7 Å². The highest BCUT2D eigenvalue weighted by Gasteiger charge is 2.18. The van der Waals surface area contributed by atoms with Gasteiger partial charge >= 0.3 is 5.97 Å². The number of nitrogens with one attached hydrogen (secondary N) is 2. The first-order valence-corrected chi connectivity index (χ1v) is 7.34. The van der Waals surface area contributed by atoms with Crippen LogP contribution in [0.4, 0.5) is 5.69 Å². The number of aromatic hydroxyl groups is 1. The van der Waals surface area contributed by atoms with Crippen LogP contribution in [0.15, 0.2) is 30.3 Å². The predicted molar refractivity (Wildman–Crippen MR) is 88.4 cm³/mol. The van der Waals surface area contributed by atoms with E-state index in [0.717, 1.165) is 5.56 Å². The Hall–Kier alpha value is -2.67. The summed E-state index contributed by atoms with van der Waals surface area (Å²) in [4.78, 5) is 26.6. The van der Waals surface area contributed by atoms with E-state index < -0.39 is 17.8 Å². The van der Waals surface area contributed by atoms with Crippen LogP contribution in [-0.4, -0.2) is 28.6 Å². The molecule has 0 aliphatic heterocycles. The van der Waals surface area contributed by atoms with Crippen molar-refractivity contribution < 1.29 is 19.4 Å². The van der Waals surface area contributed by atoms with E-state index in [1.165, 1.54) is 6.07 Å². The monoisotopic (exact) mass is 332 g/mol. The lowest BCUT2D eigenvalue weighted by Gasteiger charge is -2.09. The van der Waals surface area contributed by atoms with E-state index >= 15 is 0 Å². The highest BCUT2D eigenvalue weighted by atomic mass is 32.1. The Balaban J connectivity index is 2.34. The second-order valence-corrected chi connectivity index (χ2v) is 5.23. The van der Waals surface area contributed by atoms with Gasteiger partial charge in [-0.05, 0) is 37.6 Å². The topological polar surface area (TPSA) is 91.4 Å². The fourth-order valence-electron chi connectivity index (χ4n) is 1.97. The number of hydrogen-bond donors (Lipinski definition) is 3. The van der Waals surface area contributed by atoms with E-state index in [-0.39, 0.29) is 22.4 Å². The fourth-order valence-corrected chi connectivity index (χ4v) is 2.22. The minimum Gasteiger partial charge on any atom is -0.494 e. The van der Waals surface area contributed by atoms with E-state index in [0.29, 0.717) is 5.69 Å². The van der Waals surface area contributed by atoms with E-state index in [1.807, 2.05) is 19.1 Å². The number of aryl methyl sites for hydroxylation is 1. The number of pyridine rings is 1. The van der Waals surface area contributed by atoms with E-state index in [9.17, 15) is 14.7 Å². The molecule has 2 rings (SSSR count). The minimum atomic E-state index is -0.735. The zero-order chi connectivity index (χ0) is 17.0. The summed E-state index contributed by atoms with van der Waals surface area (Å²) in [5, 5.41) is 12.5. The quantitative estimate of drug-likeness (QED) is 0.591. The number of benzene rings is 1. The smallest absolute Gasteiger partial charge is 0.343 e. The number of anilines is 1. The number of amides is 1. The van der Waals surface area contributed by atoms with Crippen molar-refractivity contribution in [1.29, 1.82) is 0 Å². The number of carbonyl (C=O) groups is 2. The number of carbonyl (C=O) groups excluding carboxylic acids is 2. The predicted octanol–water partition coefficient (Wildman–Crippen LogP) is 3.19. The molecule has 0 aliphatic carbocycles. The number of ether oxygens (including phenoxy) is 1. The van der Waals surface area contributed by atoms with Gasteiger partial charge in [-0.1, -0.05) is 24.4 Å². The summed E-state index contributed by atoms with van der Waals surface area (Å²) in [5.41, 5.74) is 1.53. The average molecular weight is 332 g/mol. The lowest BCUT2D eigenvalue weighted by molar-refractivity contribution is 0.0522. The molecular formula is C16H16N2O4S. The van der Waals surface area contributed by atoms with Crippen molar-refractivity contribution in [1.82, 2.24) is 4.98 Å². The van der Waals surface area contributed by atoms with Crippen molar-refractivity contribution in [2.75, 3.05) is 11.9 Å². The van der Waals surface area contributed by atoms with Crippen molar-refractivity contribution in [2.24, 2.45) is 0 Å². The van der Waals surface area contributed by atoms with Gasteiger partial charge in [0, 0.05) is 5.69 Å². The standard InChI is InChI=1S/C16H16N2O4S/c1-3-22-16(21)12-8-11(15(23)18-14(12)20)13(19)17-10-6-4-5-9(2)7-10/h4-8H,3H2,1-2H3,(H,17,19)(H2,18,20,23). The fraction of sp³-hybridized carbons (Fsp3) is 0.188. The molecule has 0 radical (unpaired) electrons. The summed E-state index contributed by atoms with van der Waals surface area (Å²) in [5.74, 6) is -1.65. The molecule has 6 nitrogen and oxygen atoms in total.